The van der Waals surface area contributed by atoms with Crippen molar-refractivity contribution in [2.24, 2.45) is 0 Å². The molecule has 0 radical (unpaired) electrons. The number of rotatable bonds is 5. The first kappa shape index (κ1) is 25.3. The SMILES string of the molecule is Cc1nc([C@@H](O)[C@H]2CCCCN2C(=O)OC(C)(C)C)sc1CO[Si](C)(C)C(C)(C)C. The van der Waals surface area contributed by atoms with Gasteiger partial charge in [-0.2, -0.15) is 0 Å². The largest absolute Gasteiger partial charge is 0.444 e. The maximum Gasteiger partial charge on any atom is 0.410 e. The van der Waals surface area contributed by atoms with Crippen molar-refractivity contribution in [3.63, 3.8) is 0 Å². The maximum atomic E-state index is 12.7. The van der Waals surface area contributed by atoms with E-state index in [1.165, 1.54) is 11.3 Å². The summed E-state index contributed by atoms with van der Waals surface area (Å²) in [4.78, 5) is 20.1. The van der Waals surface area contributed by atoms with E-state index in [1.54, 1.807) is 4.90 Å². The molecule has 0 aliphatic carbocycles. The quantitative estimate of drug-likeness (QED) is 0.567. The lowest BCUT2D eigenvalue weighted by molar-refractivity contribution is -0.0169. The van der Waals surface area contributed by atoms with Gasteiger partial charge in [0.05, 0.1) is 23.2 Å². The molecule has 30 heavy (non-hydrogen) atoms. The molecular weight excluding hydrogens is 416 g/mol. The second kappa shape index (κ2) is 9.26. The number of aliphatic hydroxyl groups is 1. The fourth-order valence-electron chi connectivity index (χ4n) is 3.17. The molecular formula is C22H40N2O4SSi. The van der Waals surface area contributed by atoms with E-state index in [1.807, 2.05) is 27.7 Å². The third kappa shape index (κ3) is 6.28. The van der Waals surface area contributed by atoms with Crippen LogP contribution >= 0.6 is 11.3 Å². The number of aliphatic hydroxyl groups excluding tert-OH is 1. The Hall–Kier alpha value is -0.963. The summed E-state index contributed by atoms with van der Waals surface area (Å²) < 4.78 is 11.9. The van der Waals surface area contributed by atoms with Gasteiger partial charge in [-0.15, -0.1) is 11.3 Å². The van der Waals surface area contributed by atoms with Crippen LogP contribution in [0.2, 0.25) is 18.1 Å². The van der Waals surface area contributed by atoms with Gasteiger partial charge in [0.2, 0.25) is 0 Å². The van der Waals surface area contributed by atoms with Crippen LogP contribution in [-0.2, 0) is 15.8 Å². The van der Waals surface area contributed by atoms with Crippen LogP contribution in [0.5, 0.6) is 0 Å². The van der Waals surface area contributed by atoms with Crippen molar-refractivity contribution in [2.75, 3.05) is 6.54 Å². The summed E-state index contributed by atoms with van der Waals surface area (Å²) in [6.45, 7) is 19.8. The molecule has 0 unspecified atom stereocenters. The van der Waals surface area contributed by atoms with E-state index in [-0.39, 0.29) is 17.2 Å². The van der Waals surface area contributed by atoms with Crippen LogP contribution < -0.4 is 0 Å². The lowest BCUT2D eigenvalue weighted by Crippen LogP contribution is -2.48. The first-order valence-electron chi connectivity index (χ1n) is 10.9. The molecule has 8 heteroatoms. The number of amides is 1. The van der Waals surface area contributed by atoms with Crippen LogP contribution in [0.3, 0.4) is 0 Å². The van der Waals surface area contributed by atoms with Gasteiger partial charge in [0, 0.05) is 6.54 Å². The predicted octanol–water partition coefficient (Wildman–Crippen LogP) is 5.80. The number of ether oxygens (including phenoxy) is 1. The van der Waals surface area contributed by atoms with Gasteiger partial charge in [-0.05, 0) is 65.1 Å². The van der Waals surface area contributed by atoms with E-state index in [0.717, 1.165) is 29.8 Å². The predicted molar refractivity (Wildman–Crippen MR) is 124 cm³/mol. The minimum absolute atomic E-state index is 0.143. The van der Waals surface area contributed by atoms with Crippen LogP contribution in [0, 0.1) is 6.92 Å². The monoisotopic (exact) mass is 456 g/mol. The summed E-state index contributed by atoms with van der Waals surface area (Å²) in [7, 11) is -1.86. The third-order valence-corrected chi connectivity index (χ3v) is 11.8. The lowest BCUT2D eigenvalue weighted by atomic mass is 9.98. The molecule has 1 aromatic rings. The lowest BCUT2D eigenvalue weighted by Gasteiger charge is -2.38. The highest BCUT2D eigenvalue weighted by atomic mass is 32.1. The number of thiazole rings is 1. The van der Waals surface area contributed by atoms with Gasteiger partial charge in [0.15, 0.2) is 8.32 Å². The number of hydrogen-bond donors (Lipinski definition) is 1. The Bertz CT molecular complexity index is 736. The number of aryl methyl sites for hydroxylation is 1. The normalized spacial score (nSPS) is 19.7. The Labute approximate surface area is 187 Å². The highest BCUT2D eigenvalue weighted by Crippen LogP contribution is 2.38. The molecule has 172 valence electrons. The minimum atomic E-state index is -1.86. The van der Waals surface area contributed by atoms with Crippen molar-refractivity contribution in [1.29, 1.82) is 0 Å². The zero-order valence-corrected chi connectivity index (χ0v) is 22.0. The fraction of sp³-hybridized carbons (Fsp3) is 0.818. The Morgan fingerprint density at radius 2 is 1.90 bits per heavy atom. The Morgan fingerprint density at radius 1 is 1.27 bits per heavy atom. The minimum Gasteiger partial charge on any atom is -0.444 e. The molecule has 6 nitrogen and oxygen atoms in total. The summed E-state index contributed by atoms with van der Waals surface area (Å²) >= 11 is 1.50. The van der Waals surface area contributed by atoms with E-state index in [2.05, 4.69) is 38.8 Å². The molecule has 0 saturated carbocycles. The van der Waals surface area contributed by atoms with Crippen molar-refractivity contribution in [1.82, 2.24) is 9.88 Å². The third-order valence-electron chi connectivity index (χ3n) is 6.07. The van der Waals surface area contributed by atoms with Crippen molar-refractivity contribution < 1.29 is 19.1 Å². The van der Waals surface area contributed by atoms with Crippen LogP contribution in [0.1, 0.15) is 82.5 Å². The highest BCUT2D eigenvalue weighted by Gasteiger charge is 2.39. The number of aromatic nitrogens is 1. The smallest absolute Gasteiger partial charge is 0.410 e. The molecule has 2 rings (SSSR count). The number of likely N-dealkylation sites (tertiary alicyclic amines) is 1. The highest BCUT2D eigenvalue weighted by molar-refractivity contribution is 7.11. The van der Waals surface area contributed by atoms with Crippen LogP contribution in [0.4, 0.5) is 4.79 Å². The zero-order chi connectivity index (χ0) is 22.9. The molecule has 1 aliphatic rings. The molecule has 1 saturated heterocycles. The molecule has 1 amide bonds. The van der Waals surface area contributed by atoms with E-state index < -0.39 is 20.0 Å². The molecule has 1 N–H and O–H groups in total. The maximum absolute atomic E-state index is 12.7. The molecule has 0 aromatic carbocycles. The molecule has 1 aromatic heterocycles. The molecule has 0 spiro atoms. The van der Waals surface area contributed by atoms with Gasteiger partial charge in [-0.1, -0.05) is 20.8 Å². The molecule has 0 bridgehead atoms. The fourth-order valence-corrected chi connectivity index (χ4v) is 5.24. The molecule has 2 heterocycles. The Morgan fingerprint density at radius 3 is 2.47 bits per heavy atom. The van der Waals surface area contributed by atoms with Crippen molar-refractivity contribution in [2.45, 2.75) is 110 Å². The van der Waals surface area contributed by atoms with Gasteiger partial charge < -0.3 is 19.2 Å². The topological polar surface area (TPSA) is 71.9 Å². The second-order valence-electron chi connectivity index (χ2n) is 10.8. The summed E-state index contributed by atoms with van der Waals surface area (Å²) in [5, 5.41) is 11.9. The van der Waals surface area contributed by atoms with E-state index >= 15 is 0 Å². The summed E-state index contributed by atoms with van der Waals surface area (Å²) in [5.74, 6) is 0. The van der Waals surface area contributed by atoms with Crippen molar-refractivity contribution in [3.05, 3.63) is 15.6 Å². The van der Waals surface area contributed by atoms with E-state index in [9.17, 15) is 9.90 Å². The van der Waals surface area contributed by atoms with Crippen molar-refractivity contribution >= 4 is 25.7 Å². The number of carbonyl (C=O) groups is 1. The van der Waals surface area contributed by atoms with Gasteiger partial charge in [-0.25, -0.2) is 9.78 Å². The average Bonchev–Trinajstić information content (AvgIpc) is 2.98. The van der Waals surface area contributed by atoms with E-state index in [0.29, 0.717) is 18.2 Å². The van der Waals surface area contributed by atoms with Crippen molar-refractivity contribution in [3.8, 4) is 0 Å². The van der Waals surface area contributed by atoms with Crippen LogP contribution in [0.25, 0.3) is 0 Å². The van der Waals surface area contributed by atoms with Gasteiger partial charge in [0.1, 0.15) is 16.7 Å². The second-order valence-corrected chi connectivity index (χ2v) is 16.7. The number of piperidine rings is 1. The first-order chi connectivity index (χ1) is 13.6. The summed E-state index contributed by atoms with van der Waals surface area (Å²) in [6, 6.07) is -0.312. The standard InChI is InChI=1S/C22H40N2O4SSi/c1-15-17(14-27-30(8,9)22(5,6)7)29-19(23-15)18(25)16-12-10-11-13-24(16)20(26)28-21(2,3)4/h16,18,25H,10-14H2,1-9H3/t16-,18+/m1/s1. The molecule has 1 fully saturated rings. The Balaban J connectivity index is 2.14. The number of hydrogen-bond acceptors (Lipinski definition) is 6. The first-order valence-corrected chi connectivity index (χ1v) is 14.6. The van der Waals surface area contributed by atoms with Gasteiger partial charge >= 0.3 is 6.09 Å². The van der Waals surface area contributed by atoms with Crippen LogP contribution in [0.15, 0.2) is 0 Å². The van der Waals surface area contributed by atoms with Gasteiger partial charge in [-0.3, -0.25) is 0 Å². The Kier molecular flexibility index (Phi) is 7.81. The number of nitrogens with zero attached hydrogens (tertiary/aromatic N) is 2. The van der Waals surface area contributed by atoms with Crippen LogP contribution in [-0.4, -0.2) is 47.6 Å². The molecule has 1 aliphatic heterocycles. The molecule has 2 atom stereocenters. The van der Waals surface area contributed by atoms with E-state index in [4.69, 9.17) is 9.16 Å². The zero-order valence-electron chi connectivity index (χ0n) is 20.2. The summed E-state index contributed by atoms with van der Waals surface area (Å²) in [6.07, 6.45) is 1.47. The summed E-state index contributed by atoms with van der Waals surface area (Å²) in [5.41, 5.74) is 0.336. The average molecular weight is 457 g/mol. The number of carbonyl (C=O) groups excluding carboxylic acids is 1. The van der Waals surface area contributed by atoms with Gasteiger partial charge in [0.25, 0.3) is 0 Å².